The number of nitrogens with two attached hydrogens (primary N) is 1. The van der Waals surface area contributed by atoms with Crippen molar-refractivity contribution < 1.29 is 13.2 Å². The maximum absolute atomic E-state index is 12.4. The highest BCUT2D eigenvalue weighted by molar-refractivity contribution is 5.85. The van der Waals surface area contributed by atoms with Crippen LogP contribution in [0.4, 0.5) is 13.2 Å². The Balaban J connectivity index is 0.00000128. The first kappa shape index (κ1) is 13.3. The van der Waals surface area contributed by atoms with Crippen LogP contribution in [0.15, 0.2) is 24.3 Å². The Labute approximate surface area is 98.2 Å². The largest absolute Gasteiger partial charge is 0.416 e. The van der Waals surface area contributed by atoms with Gasteiger partial charge in [0.25, 0.3) is 0 Å². The van der Waals surface area contributed by atoms with E-state index in [0.29, 0.717) is 0 Å². The fraction of sp³-hybridized carbons (Fsp3) is 0.455. The van der Waals surface area contributed by atoms with Crippen LogP contribution in [-0.2, 0) is 6.18 Å². The lowest BCUT2D eigenvalue weighted by atomic mass is 9.76. The van der Waals surface area contributed by atoms with E-state index in [2.05, 4.69) is 0 Å². The molecule has 1 aromatic rings. The number of hydrogen-bond donors (Lipinski definition) is 1. The molecule has 0 aromatic heterocycles. The number of hydrogen-bond acceptors (Lipinski definition) is 1. The van der Waals surface area contributed by atoms with Crippen LogP contribution in [-0.4, -0.2) is 6.04 Å². The molecule has 0 unspecified atom stereocenters. The molecule has 0 radical (unpaired) electrons. The lowest BCUT2D eigenvalue weighted by molar-refractivity contribution is -0.137. The smallest absolute Gasteiger partial charge is 0.328 e. The minimum absolute atomic E-state index is 0. The minimum Gasteiger partial charge on any atom is -0.328 e. The quantitative estimate of drug-likeness (QED) is 0.814. The van der Waals surface area contributed by atoms with E-state index in [1.165, 1.54) is 12.1 Å². The van der Waals surface area contributed by atoms with Crippen molar-refractivity contribution in [2.24, 2.45) is 5.73 Å². The zero-order valence-electron chi connectivity index (χ0n) is 8.50. The van der Waals surface area contributed by atoms with Crippen molar-refractivity contribution in [3.8, 4) is 0 Å². The van der Waals surface area contributed by atoms with E-state index in [4.69, 9.17) is 5.73 Å². The van der Waals surface area contributed by atoms with Crippen LogP contribution < -0.4 is 5.73 Å². The molecule has 1 fully saturated rings. The van der Waals surface area contributed by atoms with Gasteiger partial charge in [-0.25, -0.2) is 0 Å². The van der Waals surface area contributed by atoms with E-state index < -0.39 is 11.7 Å². The van der Waals surface area contributed by atoms with Crippen molar-refractivity contribution in [3.05, 3.63) is 35.4 Å². The topological polar surface area (TPSA) is 26.0 Å². The first-order valence-corrected chi connectivity index (χ1v) is 4.89. The summed E-state index contributed by atoms with van der Waals surface area (Å²) in [7, 11) is 0. The summed E-state index contributed by atoms with van der Waals surface area (Å²) < 4.78 is 37.2. The zero-order chi connectivity index (χ0) is 11.1. The second-order valence-corrected chi connectivity index (χ2v) is 4.05. The first-order chi connectivity index (χ1) is 6.97. The molecule has 1 aliphatic carbocycles. The molecule has 2 rings (SSSR count). The van der Waals surface area contributed by atoms with Crippen molar-refractivity contribution in [1.29, 1.82) is 0 Å². The van der Waals surface area contributed by atoms with E-state index >= 15 is 0 Å². The lowest BCUT2D eigenvalue weighted by Crippen LogP contribution is -2.34. The molecular formula is C11H13ClF3N. The maximum atomic E-state index is 12.4. The molecule has 2 N–H and O–H groups in total. The molecule has 1 aromatic carbocycles. The van der Waals surface area contributed by atoms with Crippen molar-refractivity contribution in [2.45, 2.75) is 31.0 Å². The van der Waals surface area contributed by atoms with Gasteiger partial charge >= 0.3 is 6.18 Å². The van der Waals surface area contributed by atoms with Crippen molar-refractivity contribution in [3.63, 3.8) is 0 Å². The van der Waals surface area contributed by atoms with Crippen LogP contribution in [0.3, 0.4) is 0 Å². The summed E-state index contributed by atoms with van der Waals surface area (Å²) >= 11 is 0. The fourth-order valence-electron chi connectivity index (χ4n) is 1.90. The lowest BCUT2D eigenvalue weighted by Gasteiger charge is -2.33. The number of benzene rings is 1. The van der Waals surface area contributed by atoms with Gasteiger partial charge in [0.2, 0.25) is 0 Å². The Morgan fingerprint density at radius 2 is 1.81 bits per heavy atom. The molecule has 90 valence electrons. The maximum Gasteiger partial charge on any atom is 0.416 e. The monoisotopic (exact) mass is 251 g/mol. The van der Waals surface area contributed by atoms with Gasteiger partial charge < -0.3 is 5.73 Å². The van der Waals surface area contributed by atoms with Gasteiger partial charge in [0.05, 0.1) is 5.56 Å². The molecule has 16 heavy (non-hydrogen) atoms. The molecule has 0 spiro atoms. The van der Waals surface area contributed by atoms with Crippen molar-refractivity contribution >= 4 is 12.4 Å². The van der Waals surface area contributed by atoms with Gasteiger partial charge in [0, 0.05) is 6.04 Å². The second-order valence-electron chi connectivity index (χ2n) is 4.05. The van der Waals surface area contributed by atoms with E-state index in [9.17, 15) is 13.2 Å². The minimum atomic E-state index is -4.25. The van der Waals surface area contributed by atoms with Gasteiger partial charge in [-0.05, 0) is 30.4 Å². The molecule has 0 amide bonds. The third kappa shape index (κ3) is 2.68. The third-order valence-electron chi connectivity index (χ3n) is 2.86. The zero-order valence-corrected chi connectivity index (χ0v) is 9.31. The van der Waals surface area contributed by atoms with Gasteiger partial charge in [0.1, 0.15) is 0 Å². The highest BCUT2D eigenvalue weighted by Gasteiger charge is 2.33. The summed E-state index contributed by atoms with van der Waals surface area (Å²) in [6.45, 7) is 0. The summed E-state index contributed by atoms with van der Waals surface area (Å²) in [4.78, 5) is 0. The van der Waals surface area contributed by atoms with Crippen LogP contribution >= 0.6 is 12.4 Å². The third-order valence-corrected chi connectivity index (χ3v) is 2.86. The predicted octanol–water partition coefficient (Wildman–Crippen LogP) is 3.33. The van der Waals surface area contributed by atoms with E-state index in [-0.39, 0.29) is 24.4 Å². The molecular weight excluding hydrogens is 239 g/mol. The van der Waals surface area contributed by atoms with Gasteiger partial charge in [-0.1, -0.05) is 18.2 Å². The van der Waals surface area contributed by atoms with Gasteiger partial charge in [-0.2, -0.15) is 13.2 Å². The Bertz CT molecular complexity index is 358. The summed E-state index contributed by atoms with van der Waals surface area (Å²) in [5, 5.41) is 0. The number of halogens is 4. The summed E-state index contributed by atoms with van der Waals surface area (Å²) in [5.41, 5.74) is 5.79. The molecule has 0 aliphatic heterocycles. The molecule has 1 saturated carbocycles. The highest BCUT2D eigenvalue weighted by Crippen LogP contribution is 2.38. The summed E-state index contributed by atoms with van der Waals surface area (Å²) in [6.07, 6.45) is -2.66. The summed E-state index contributed by atoms with van der Waals surface area (Å²) in [6, 6.07) is 5.69. The first-order valence-electron chi connectivity index (χ1n) is 4.89. The van der Waals surface area contributed by atoms with Gasteiger partial charge in [0.15, 0.2) is 0 Å². The van der Waals surface area contributed by atoms with Gasteiger partial charge in [-0.15, -0.1) is 12.4 Å². The van der Waals surface area contributed by atoms with E-state index in [1.807, 2.05) is 0 Å². The van der Waals surface area contributed by atoms with Crippen molar-refractivity contribution in [1.82, 2.24) is 0 Å². The normalized spacial score (nSPS) is 24.5. The molecule has 1 aliphatic rings. The van der Waals surface area contributed by atoms with Crippen LogP contribution in [0.2, 0.25) is 0 Å². The highest BCUT2D eigenvalue weighted by atomic mass is 35.5. The second kappa shape index (κ2) is 4.63. The average molecular weight is 252 g/mol. The predicted molar refractivity (Wildman–Crippen MR) is 58.6 cm³/mol. The standard InChI is InChI=1S/C11H12F3N.ClH/c12-11(13,14)9-3-1-2-7(4-9)8-5-10(15)6-8;/h1-4,8,10H,5-6,15H2;1H. The fourth-order valence-corrected chi connectivity index (χ4v) is 1.90. The van der Waals surface area contributed by atoms with Crippen LogP contribution in [0.5, 0.6) is 0 Å². The molecule has 0 bridgehead atoms. The Hall–Kier alpha value is -0.740. The molecule has 1 nitrogen and oxygen atoms in total. The van der Waals surface area contributed by atoms with Crippen LogP contribution in [0.1, 0.15) is 29.9 Å². The Morgan fingerprint density at radius 1 is 1.19 bits per heavy atom. The Morgan fingerprint density at radius 3 is 2.31 bits per heavy atom. The van der Waals surface area contributed by atoms with Crippen LogP contribution in [0.25, 0.3) is 0 Å². The molecule has 0 heterocycles. The molecule has 0 saturated heterocycles. The van der Waals surface area contributed by atoms with Crippen LogP contribution in [0, 0.1) is 0 Å². The average Bonchev–Trinajstić information content (AvgIpc) is 2.12. The number of rotatable bonds is 1. The molecule has 0 atom stereocenters. The summed E-state index contributed by atoms with van der Waals surface area (Å²) in [5.74, 6) is 0.210. The number of alkyl halides is 3. The van der Waals surface area contributed by atoms with E-state index in [1.54, 1.807) is 6.07 Å². The van der Waals surface area contributed by atoms with E-state index in [0.717, 1.165) is 24.5 Å². The molecule has 5 heteroatoms. The van der Waals surface area contributed by atoms with Gasteiger partial charge in [-0.3, -0.25) is 0 Å². The SMILES string of the molecule is Cl.NC1CC(c2cccc(C(F)(F)F)c2)C1. The Kier molecular flexibility index (Phi) is 3.86. The van der Waals surface area contributed by atoms with Crippen molar-refractivity contribution in [2.75, 3.05) is 0 Å².